The van der Waals surface area contributed by atoms with Crippen molar-refractivity contribution >= 4 is 54.4 Å². The fraction of sp³-hybridized carbons (Fsp3) is 0.500. The van der Waals surface area contributed by atoms with Crippen molar-refractivity contribution in [2.24, 2.45) is 0 Å². The summed E-state index contributed by atoms with van der Waals surface area (Å²) < 4.78 is 21.8. The number of aliphatic hydroxyl groups excluding tert-OH is 2. The molecule has 6 N–H and O–H groups in total. The number of phosphoric ester groups is 1. The second-order valence-corrected chi connectivity index (χ2v) is 6.15. The molecule has 2 aromatic heterocycles. The van der Waals surface area contributed by atoms with Crippen LogP contribution in [0, 0.1) is 0 Å². The third kappa shape index (κ3) is 3.78. The molecular weight excluding hydrogens is 356 g/mol. The van der Waals surface area contributed by atoms with E-state index in [4.69, 9.17) is 20.3 Å². The SMILES string of the molecule is Nc1ncnc2c1ncn2[C@@H]1O[C@H](COP(=O)(O)O)[C@@H](O)[C@@H]1O.[NaH]. The number of aromatic nitrogens is 4. The summed E-state index contributed by atoms with van der Waals surface area (Å²) in [5.74, 6) is 0.142. The standard InChI is InChI=1S/C10H14N5O7P.Na.H/c11-8-5-9(13-2-12-8)15(3-14-5)10-7(17)6(16)4(22-10)1-21-23(18,19)20;;/h2-4,6-7,10,16-17H,1H2,(H2,11,12,13)(H2,18,19,20);;/t4-,6-,7+,10-;;/m1../s1. The number of hydrogen-bond acceptors (Lipinski definition) is 9. The number of hydrogen-bond donors (Lipinski definition) is 5. The summed E-state index contributed by atoms with van der Waals surface area (Å²) >= 11 is 0. The van der Waals surface area contributed by atoms with E-state index in [2.05, 4.69) is 19.5 Å². The van der Waals surface area contributed by atoms with Crippen LogP contribution in [0.1, 0.15) is 6.23 Å². The average Bonchev–Trinajstić information content (AvgIpc) is 3.01. The molecule has 0 aromatic carbocycles. The molecule has 1 aliphatic heterocycles. The number of phosphoric acid groups is 1. The van der Waals surface area contributed by atoms with E-state index in [-0.39, 0.29) is 41.0 Å². The number of anilines is 1. The molecule has 0 aliphatic carbocycles. The quantitative estimate of drug-likeness (QED) is 0.282. The van der Waals surface area contributed by atoms with E-state index >= 15 is 0 Å². The van der Waals surface area contributed by atoms with Crippen LogP contribution in [-0.2, 0) is 13.8 Å². The molecule has 3 rings (SSSR count). The van der Waals surface area contributed by atoms with Gasteiger partial charge in [0.15, 0.2) is 17.7 Å². The van der Waals surface area contributed by atoms with Crippen LogP contribution in [0.15, 0.2) is 12.7 Å². The zero-order valence-corrected chi connectivity index (χ0v) is 12.4. The molecule has 1 aliphatic rings. The van der Waals surface area contributed by atoms with Gasteiger partial charge in [0.1, 0.15) is 30.2 Å². The summed E-state index contributed by atoms with van der Waals surface area (Å²) in [4.78, 5) is 29.2. The molecule has 1 saturated heterocycles. The fourth-order valence-electron chi connectivity index (χ4n) is 2.32. The van der Waals surface area contributed by atoms with Crippen LogP contribution in [0.4, 0.5) is 5.82 Å². The summed E-state index contributed by atoms with van der Waals surface area (Å²) in [6, 6.07) is 0. The predicted molar refractivity (Wildman–Crippen MR) is 80.8 cm³/mol. The number of nitrogens with zero attached hydrogens (tertiary/aromatic N) is 4. The van der Waals surface area contributed by atoms with Crippen molar-refractivity contribution in [3.05, 3.63) is 12.7 Å². The molecule has 3 heterocycles. The van der Waals surface area contributed by atoms with Crippen LogP contribution in [0.5, 0.6) is 0 Å². The first-order valence-electron chi connectivity index (χ1n) is 6.42. The molecule has 1 fully saturated rings. The van der Waals surface area contributed by atoms with E-state index in [1.54, 1.807) is 0 Å². The number of rotatable bonds is 4. The zero-order valence-electron chi connectivity index (χ0n) is 11.5. The third-order valence-corrected chi connectivity index (χ3v) is 3.89. The van der Waals surface area contributed by atoms with Crippen LogP contribution in [0.3, 0.4) is 0 Å². The summed E-state index contributed by atoms with van der Waals surface area (Å²) in [7, 11) is -4.72. The van der Waals surface area contributed by atoms with Gasteiger partial charge in [-0.25, -0.2) is 19.5 Å². The summed E-state index contributed by atoms with van der Waals surface area (Å²) in [5.41, 5.74) is 6.25. The van der Waals surface area contributed by atoms with Gasteiger partial charge in [-0.15, -0.1) is 0 Å². The molecule has 0 saturated carbocycles. The van der Waals surface area contributed by atoms with Crippen molar-refractivity contribution in [3.63, 3.8) is 0 Å². The number of imidazole rings is 1. The van der Waals surface area contributed by atoms with Crippen LogP contribution in [0.25, 0.3) is 11.2 Å². The Hall–Kier alpha value is -0.660. The van der Waals surface area contributed by atoms with Gasteiger partial charge in [-0.1, -0.05) is 0 Å². The normalized spacial score (nSPS) is 27.3. The average molecular weight is 371 g/mol. The van der Waals surface area contributed by atoms with Crippen LogP contribution in [0.2, 0.25) is 0 Å². The summed E-state index contributed by atoms with van der Waals surface area (Å²) in [5, 5.41) is 20.1. The van der Waals surface area contributed by atoms with Crippen molar-refractivity contribution in [2.45, 2.75) is 24.5 Å². The van der Waals surface area contributed by atoms with Gasteiger partial charge >= 0.3 is 37.4 Å². The Balaban J connectivity index is 0.00000208. The van der Waals surface area contributed by atoms with Crippen LogP contribution in [-0.4, -0.2) is 94.0 Å². The second kappa shape index (κ2) is 7.30. The van der Waals surface area contributed by atoms with Gasteiger partial charge < -0.3 is 30.5 Å². The Morgan fingerprint density at radius 3 is 2.67 bits per heavy atom. The van der Waals surface area contributed by atoms with Gasteiger partial charge in [0, 0.05) is 0 Å². The number of nitrogens with two attached hydrogens (primary N) is 1. The topological polar surface area (TPSA) is 186 Å². The second-order valence-electron chi connectivity index (χ2n) is 4.92. The van der Waals surface area contributed by atoms with Crippen LogP contribution < -0.4 is 5.73 Å². The molecule has 24 heavy (non-hydrogen) atoms. The Kier molecular flexibility index (Phi) is 5.98. The van der Waals surface area contributed by atoms with E-state index in [1.165, 1.54) is 17.2 Å². The molecule has 0 unspecified atom stereocenters. The molecule has 14 heteroatoms. The van der Waals surface area contributed by atoms with Crippen molar-refractivity contribution in [3.8, 4) is 0 Å². The molecule has 0 spiro atoms. The predicted octanol–water partition coefficient (Wildman–Crippen LogP) is -2.51. The maximum atomic E-state index is 10.7. The molecule has 0 radical (unpaired) electrons. The van der Waals surface area contributed by atoms with Gasteiger partial charge in [-0.05, 0) is 0 Å². The Morgan fingerprint density at radius 1 is 1.29 bits per heavy atom. The minimum absolute atomic E-state index is 0. The van der Waals surface area contributed by atoms with E-state index < -0.39 is 39.0 Å². The molecular formula is C10H15N5NaO7P. The van der Waals surface area contributed by atoms with Crippen molar-refractivity contribution in [1.29, 1.82) is 0 Å². The van der Waals surface area contributed by atoms with E-state index in [0.29, 0.717) is 5.52 Å². The number of ether oxygens (including phenoxy) is 1. The molecule has 12 nitrogen and oxygen atoms in total. The monoisotopic (exact) mass is 371 g/mol. The Labute approximate surface area is 157 Å². The molecule has 4 atom stereocenters. The molecule has 0 amide bonds. The number of aliphatic hydroxyl groups is 2. The maximum absolute atomic E-state index is 10.7. The first-order chi connectivity index (χ1) is 10.8. The van der Waals surface area contributed by atoms with Crippen molar-refractivity contribution < 1.29 is 33.8 Å². The zero-order chi connectivity index (χ0) is 16.8. The molecule has 2 aromatic rings. The fourth-order valence-corrected chi connectivity index (χ4v) is 2.66. The first kappa shape index (κ1) is 19.7. The summed E-state index contributed by atoms with van der Waals surface area (Å²) in [6.07, 6.45) is -2.49. The first-order valence-corrected chi connectivity index (χ1v) is 7.95. The van der Waals surface area contributed by atoms with E-state index in [1.807, 2.05) is 0 Å². The molecule has 0 bridgehead atoms. The van der Waals surface area contributed by atoms with Crippen molar-refractivity contribution in [1.82, 2.24) is 19.5 Å². The molecule has 128 valence electrons. The van der Waals surface area contributed by atoms with Gasteiger partial charge in [-0.2, -0.15) is 0 Å². The minimum atomic E-state index is -4.72. The van der Waals surface area contributed by atoms with Gasteiger partial charge in [0.05, 0.1) is 12.9 Å². The van der Waals surface area contributed by atoms with Gasteiger partial charge in [0.2, 0.25) is 0 Å². The number of fused-ring (bicyclic) bond motifs is 1. The Bertz CT molecular complexity index is 769. The number of nitrogen functional groups attached to an aromatic ring is 1. The van der Waals surface area contributed by atoms with Gasteiger partial charge in [0.25, 0.3) is 0 Å². The van der Waals surface area contributed by atoms with E-state index in [0.717, 1.165) is 0 Å². The van der Waals surface area contributed by atoms with E-state index in [9.17, 15) is 14.8 Å². The summed E-state index contributed by atoms with van der Waals surface area (Å²) in [6.45, 7) is -0.594. The third-order valence-electron chi connectivity index (χ3n) is 3.41. The van der Waals surface area contributed by atoms with Crippen molar-refractivity contribution in [2.75, 3.05) is 12.3 Å². The Morgan fingerprint density at radius 2 is 2.00 bits per heavy atom. The van der Waals surface area contributed by atoms with Gasteiger partial charge in [-0.3, -0.25) is 9.09 Å². The van der Waals surface area contributed by atoms with Crippen LogP contribution >= 0.6 is 7.82 Å².